The Labute approximate surface area is 118 Å². The minimum atomic E-state index is -3.40. The lowest BCUT2D eigenvalue weighted by atomic mass is 10.2. The predicted molar refractivity (Wildman–Crippen MR) is 77.3 cm³/mol. The molecule has 0 spiro atoms. The summed E-state index contributed by atoms with van der Waals surface area (Å²) in [5.74, 6) is 0.631. The molecular formula is C13H18N4O2S. The monoisotopic (exact) mass is 294 g/mol. The number of imidazole rings is 1. The standard InChI is InChI=1S/C13H18N4O2S/c18-20(19,17-8-4-1-5-9-17)14-10-13-15-11-6-2-3-7-12(11)16-13/h2-3,6-7,14H,1,4-5,8-10H2,(H,15,16). The van der Waals surface area contributed by atoms with E-state index in [2.05, 4.69) is 14.7 Å². The van der Waals surface area contributed by atoms with Crippen LogP contribution in [-0.4, -0.2) is 35.8 Å². The fourth-order valence-corrected chi connectivity index (χ4v) is 3.69. The van der Waals surface area contributed by atoms with Crippen LogP contribution in [0, 0.1) is 0 Å². The second-order valence-corrected chi connectivity index (χ2v) is 6.74. The van der Waals surface area contributed by atoms with Gasteiger partial charge in [0.25, 0.3) is 10.2 Å². The first-order chi connectivity index (χ1) is 9.65. The number of nitrogens with zero attached hydrogens (tertiary/aromatic N) is 2. The number of H-pyrrole nitrogens is 1. The van der Waals surface area contributed by atoms with E-state index in [1.807, 2.05) is 24.3 Å². The highest BCUT2D eigenvalue weighted by atomic mass is 32.2. The molecule has 1 fully saturated rings. The molecule has 1 saturated heterocycles. The molecule has 6 nitrogen and oxygen atoms in total. The van der Waals surface area contributed by atoms with Crippen LogP contribution in [-0.2, 0) is 16.8 Å². The number of aromatic nitrogens is 2. The average Bonchev–Trinajstić information content (AvgIpc) is 2.89. The number of nitrogens with one attached hydrogen (secondary N) is 2. The van der Waals surface area contributed by atoms with Crippen molar-refractivity contribution in [3.63, 3.8) is 0 Å². The van der Waals surface area contributed by atoms with Gasteiger partial charge in [-0.15, -0.1) is 0 Å². The molecule has 0 saturated carbocycles. The Morgan fingerprint density at radius 2 is 1.95 bits per heavy atom. The fraction of sp³-hybridized carbons (Fsp3) is 0.462. The van der Waals surface area contributed by atoms with Gasteiger partial charge in [-0.1, -0.05) is 18.6 Å². The zero-order valence-corrected chi connectivity index (χ0v) is 12.0. The van der Waals surface area contributed by atoms with Crippen LogP contribution in [0.25, 0.3) is 11.0 Å². The number of piperidine rings is 1. The third-order valence-electron chi connectivity index (χ3n) is 3.52. The van der Waals surface area contributed by atoms with Crippen LogP contribution < -0.4 is 4.72 Å². The maximum Gasteiger partial charge on any atom is 0.279 e. The first-order valence-electron chi connectivity index (χ1n) is 6.83. The zero-order chi connectivity index (χ0) is 14.0. The third kappa shape index (κ3) is 2.84. The number of hydrogen-bond acceptors (Lipinski definition) is 3. The number of aromatic amines is 1. The maximum atomic E-state index is 12.1. The quantitative estimate of drug-likeness (QED) is 0.894. The Hall–Kier alpha value is -1.44. The van der Waals surface area contributed by atoms with Crippen molar-refractivity contribution < 1.29 is 8.42 Å². The lowest BCUT2D eigenvalue weighted by Gasteiger charge is -2.25. The molecule has 1 aromatic heterocycles. The van der Waals surface area contributed by atoms with E-state index in [-0.39, 0.29) is 6.54 Å². The number of para-hydroxylation sites is 2. The van der Waals surface area contributed by atoms with E-state index in [9.17, 15) is 8.42 Å². The lowest BCUT2D eigenvalue weighted by molar-refractivity contribution is 0.341. The smallest absolute Gasteiger partial charge is 0.279 e. The van der Waals surface area contributed by atoms with Gasteiger partial charge in [0, 0.05) is 13.1 Å². The Balaban J connectivity index is 1.68. The van der Waals surface area contributed by atoms with Gasteiger partial charge in [0.15, 0.2) is 0 Å². The van der Waals surface area contributed by atoms with Crippen molar-refractivity contribution in [2.75, 3.05) is 13.1 Å². The molecule has 1 aromatic carbocycles. The Morgan fingerprint density at radius 1 is 1.20 bits per heavy atom. The summed E-state index contributed by atoms with van der Waals surface area (Å²) in [5, 5.41) is 0. The number of benzene rings is 1. The van der Waals surface area contributed by atoms with E-state index in [1.54, 1.807) is 0 Å². The molecule has 0 aliphatic carbocycles. The first kappa shape index (κ1) is 13.5. The van der Waals surface area contributed by atoms with Gasteiger partial charge in [0.05, 0.1) is 17.6 Å². The lowest BCUT2D eigenvalue weighted by Crippen LogP contribution is -2.43. The zero-order valence-electron chi connectivity index (χ0n) is 11.2. The Bertz CT molecular complexity index is 656. The van der Waals surface area contributed by atoms with Crippen molar-refractivity contribution in [2.24, 2.45) is 0 Å². The van der Waals surface area contributed by atoms with Gasteiger partial charge in [0.2, 0.25) is 0 Å². The normalized spacial score (nSPS) is 17.6. The molecule has 0 radical (unpaired) electrons. The van der Waals surface area contributed by atoms with E-state index >= 15 is 0 Å². The molecule has 1 aliphatic heterocycles. The second kappa shape index (κ2) is 5.51. The summed E-state index contributed by atoms with van der Waals surface area (Å²) in [7, 11) is -3.40. The largest absolute Gasteiger partial charge is 0.341 e. The molecule has 20 heavy (non-hydrogen) atoms. The summed E-state index contributed by atoms with van der Waals surface area (Å²) in [5.41, 5.74) is 1.76. The molecule has 3 rings (SSSR count). The molecular weight excluding hydrogens is 276 g/mol. The van der Waals surface area contributed by atoms with Crippen LogP contribution in [0.3, 0.4) is 0 Å². The summed E-state index contributed by atoms with van der Waals surface area (Å²) in [6.07, 6.45) is 2.98. The van der Waals surface area contributed by atoms with Crippen molar-refractivity contribution >= 4 is 21.2 Å². The molecule has 2 heterocycles. The van der Waals surface area contributed by atoms with Crippen LogP contribution in [0.1, 0.15) is 25.1 Å². The van der Waals surface area contributed by atoms with Gasteiger partial charge in [-0.25, -0.2) is 4.98 Å². The number of hydrogen-bond donors (Lipinski definition) is 2. The third-order valence-corrected chi connectivity index (χ3v) is 5.07. The molecule has 2 N–H and O–H groups in total. The topological polar surface area (TPSA) is 78.1 Å². The van der Waals surface area contributed by atoms with Crippen molar-refractivity contribution in [3.8, 4) is 0 Å². The van der Waals surface area contributed by atoms with Gasteiger partial charge in [-0.05, 0) is 25.0 Å². The summed E-state index contributed by atoms with van der Waals surface area (Å²) in [6, 6.07) is 7.65. The molecule has 0 amide bonds. The van der Waals surface area contributed by atoms with E-state index in [0.29, 0.717) is 18.9 Å². The van der Waals surface area contributed by atoms with E-state index in [1.165, 1.54) is 4.31 Å². The van der Waals surface area contributed by atoms with Crippen LogP contribution in [0.5, 0.6) is 0 Å². The molecule has 0 atom stereocenters. The predicted octanol–water partition coefficient (Wildman–Crippen LogP) is 1.38. The van der Waals surface area contributed by atoms with E-state index in [0.717, 1.165) is 30.3 Å². The minimum absolute atomic E-state index is 0.188. The molecule has 0 bridgehead atoms. The Kier molecular flexibility index (Phi) is 3.73. The van der Waals surface area contributed by atoms with Crippen molar-refractivity contribution in [1.29, 1.82) is 0 Å². The van der Waals surface area contributed by atoms with E-state index in [4.69, 9.17) is 0 Å². The molecule has 108 valence electrons. The van der Waals surface area contributed by atoms with Crippen molar-refractivity contribution in [1.82, 2.24) is 19.0 Å². The van der Waals surface area contributed by atoms with Gasteiger partial charge in [-0.3, -0.25) is 0 Å². The Morgan fingerprint density at radius 3 is 2.70 bits per heavy atom. The minimum Gasteiger partial charge on any atom is -0.341 e. The molecule has 2 aromatic rings. The van der Waals surface area contributed by atoms with Gasteiger partial charge in [-0.2, -0.15) is 17.4 Å². The second-order valence-electron chi connectivity index (χ2n) is 4.99. The van der Waals surface area contributed by atoms with Crippen molar-refractivity contribution in [3.05, 3.63) is 30.1 Å². The highest BCUT2D eigenvalue weighted by Gasteiger charge is 2.23. The van der Waals surface area contributed by atoms with Crippen molar-refractivity contribution in [2.45, 2.75) is 25.8 Å². The van der Waals surface area contributed by atoms with Crippen LogP contribution in [0.15, 0.2) is 24.3 Å². The highest BCUT2D eigenvalue weighted by Crippen LogP contribution is 2.13. The van der Waals surface area contributed by atoms with Gasteiger partial charge >= 0.3 is 0 Å². The van der Waals surface area contributed by atoms with Crippen LogP contribution in [0.2, 0.25) is 0 Å². The molecule has 7 heteroatoms. The number of rotatable bonds is 4. The van der Waals surface area contributed by atoms with Crippen LogP contribution in [0.4, 0.5) is 0 Å². The van der Waals surface area contributed by atoms with E-state index < -0.39 is 10.2 Å². The average molecular weight is 294 g/mol. The maximum absolute atomic E-state index is 12.1. The summed E-state index contributed by atoms with van der Waals surface area (Å²) >= 11 is 0. The summed E-state index contributed by atoms with van der Waals surface area (Å²) in [6.45, 7) is 1.40. The summed E-state index contributed by atoms with van der Waals surface area (Å²) in [4.78, 5) is 7.47. The van der Waals surface area contributed by atoms with Gasteiger partial charge in [0.1, 0.15) is 5.82 Å². The first-order valence-corrected chi connectivity index (χ1v) is 8.27. The van der Waals surface area contributed by atoms with Gasteiger partial charge < -0.3 is 4.98 Å². The fourth-order valence-electron chi connectivity index (χ4n) is 2.45. The molecule has 1 aliphatic rings. The van der Waals surface area contributed by atoms with Crippen LogP contribution >= 0.6 is 0 Å². The highest BCUT2D eigenvalue weighted by molar-refractivity contribution is 7.87. The molecule has 0 unspecified atom stereocenters. The summed E-state index contributed by atoms with van der Waals surface area (Å²) < 4.78 is 28.4. The number of fused-ring (bicyclic) bond motifs is 1. The SMILES string of the molecule is O=S(=O)(NCc1nc2ccccc2[nH]1)N1CCCCC1.